The van der Waals surface area contributed by atoms with Gasteiger partial charge in [0, 0.05) is 19.8 Å². The molecule has 0 aliphatic carbocycles. The van der Waals surface area contributed by atoms with E-state index in [0.717, 1.165) is 31.3 Å². The van der Waals surface area contributed by atoms with Crippen molar-refractivity contribution in [1.29, 1.82) is 0 Å². The number of tetrazole rings is 1. The Morgan fingerprint density at radius 2 is 2.13 bits per heavy atom. The van der Waals surface area contributed by atoms with Gasteiger partial charge in [-0.05, 0) is 42.8 Å². The first-order chi connectivity index (χ1) is 10.9. The molecule has 0 bridgehead atoms. The molecule has 3 rings (SSSR count). The number of hydrogen-bond acceptors (Lipinski definition) is 5. The predicted octanol–water partition coefficient (Wildman–Crippen LogP) is 1.82. The van der Waals surface area contributed by atoms with Crippen LogP contribution in [-0.2, 0) is 13.2 Å². The Morgan fingerprint density at radius 3 is 2.74 bits per heavy atom. The maximum absolute atomic E-state index is 12.7. The standard InChI is InChI=1S/C13H18F3N7/c1-9(12-17-19-20-21(12)2)22-6-3-4-10(8-22)23-7-5-11(18-23)13(14,15)16/h5,7,9-10H,3-4,6,8H2,1-2H3/t9-,10+/m1/s1. The number of alkyl halides is 3. The molecule has 0 N–H and O–H groups in total. The summed E-state index contributed by atoms with van der Waals surface area (Å²) in [6.07, 6.45) is -1.30. The van der Waals surface area contributed by atoms with E-state index in [1.54, 1.807) is 11.7 Å². The highest BCUT2D eigenvalue weighted by Crippen LogP contribution is 2.31. The maximum atomic E-state index is 12.7. The highest BCUT2D eigenvalue weighted by molar-refractivity contribution is 5.04. The van der Waals surface area contributed by atoms with Crippen LogP contribution in [0, 0.1) is 0 Å². The molecule has 2 aromatic rings. The normalized spacial score (nSPS) is 21.5. The molecule has 1 aliphatic heterocycles. The monoisotopic (exact) mass is 329 g/mol. The first-order valence-corrected chi connectivity index (χ1v) is 7.45. The van der Waals surface area contributed by atoms with E-state index < -0.39 is 11.9 Å². The summed E-state index contributed by atoms with van der Waals surface area (Å²) in [5.41, 5.74) is -0.847. The van der Waals surface area contributed by atoms with Crippen molar-refractivity contribution in [2.45, 2.75) is 38.0 Å². The van der Waals surface area contributed by atoms with Gasteiger partial charge in [-0.1, -0.05) is 0 Å². The molecule has 0 radical (unpaired) electrons. The molecule has 0 saturated carbocycles. The van der Waals surface area contributed by atoms with Crippen LogP contribution in [0.25, 0.3) is 0 Å². The Labute approximate surface area is 131 Å². The lowest BCUT2D eigenvalue weighted by molar-refractivity contribution is -0.141. The molecule has 23 heavy (non-hydrogen) atoms. The molecule has 1 fully saturated rings. The second-order valence-electron chi connectivity index (χ2n) is 5.81. The van der Waals surface area contributed by atoms with E-state index >= 15 is 0 Å². The van der Waals surface area contributed by atoms with Crippen molar-refractivity contribution < 1.29 is 13.2 Å². The second-order valence-corrected chi connectivity index (χ2v) is 5.81. The van der Waals surface area contributed by atoms with Gasteiger partial charge in [0.1, 0.15) is 0 Å². The van der Waals surface area contributed by atoms with Gasteiger partial charge >= 0.3 is 6.18 Å². The molecule has 1 saturated heterocycles. The van der Waals surface area contributed by atoms with Crippen LogP contribution in [0.15, 0.2) is 12.3 Å². The molecule has 1 aliphatic rings. The van der Waals surface area contributed by atoms with Crippen molar-refractivity contribution in [2.24, 2.45) is 7.05 Å². The number of aryl methyl sites for hydroxylation is 1. The van der Waals surface area contributed by atoms with Gasteiger partial charge in [-0.25, -0.2) is 4.68 Å². The zero-order valence-corrected chi connectivity index (χ0v) is 12.9. The summed E-state index contributed by atoms with van der Waals surface area (Å²) in [5, 5.41) is 15.2. The molecule has 0 unspecified atom stereocenters. The van der Waals surface area contributed by atoms with E-state index in [9.17, 15) is 13.2 Å². The summed E-state index contributed by atoms with van der Waals surface area (Å²) >= 11 is 0. The fourth-order valence-electron chi connectivity index (χ4n) is 3.00. The minimum absolute atomic E-state index is 0.00421. The lowest BCUT2D eigenvalue weighted by atomic mass is 10.0. The van der Waals surface area contributed by atoms with Gasteiger partial charge in [0.15, 0.2) is 11.5 Å². The topological polar surface area (TPSA) is 64.7 Å². The van der Waals surface area contributed by atoms with Crippen molar-refractivity contribution in [1.82, 2.24) is 34.9 Å². The summed E-state index contributed by atoms with van der Waals surface area (Å²) in [6.45, 7) is 3.48. The molecule has 3 heterocycles. The molecule has 2 atom stereocenters. The van der Waals surface area contributed by atoms with E-state index in [-0.39, 0.29) is 12.1 Å². The van der Waals surface area contributed by atoms with E-state index in [0.29, 0.717) is 6.54 Å². The van der Waals surface area contributed by atoms with Crippen LogP contribution in [0.1, 0.15) is 43.4 Å². The van der Waals surface area contributed by atoms with Crippen molar-refractivity contribution in [3.8, 4) is 0 Å². The number of halogens is 3. The molecule has 7 nitrogen and oxygen atoms in total. The molecular formula is C13H18F3N7. The van der Waals surface area contributed by atoms with Gasteiger partial charge in [0.05, 0.1) is 12.1 Å². The van der Waals surface area contributed by atoms with E-state index in [2.05, 4.69) is 25.5 Å². The van der Waals surface area contributed by atoms with Crippen LogP contribution in [0.3, 0.4) is 0 Å². The molecule has 2 aromatic heterocycles. The Bertz CT molecular complexity index is 663. The third-order valence-electron chi connectivity index (χ3n) is 4.28. The van der Waals surface area contributed by atoms with Crippen molar-refractivity contribution >= 4 is 0 Å². The summed E-state index contributed by atoms with van der Waals surface area (Å²) in [5.74, 6) is 0.738. The first kappa shape index (κ1) is 15.9. The fourth-order valence-corrected chi connectivity index (χ4v) is 3.00. The van der Waals surface area contributed by atoms with Crippen LogP contribution >= 0.6 is 0 Å². The first-order valence-electron chi connectivity index (χ1n) is 7.45. The van der Waals surface area contributed by atoms with Crippen LogP contribution in [0.2, 0.25) is 0 Å². The Kier molecular flexibility index (Phi) is 4.09. The minimum Gasteiger partial charge on any atom is -0.291 e. The number of piperidine rings is 1. The number of rotatable bonds is 3. The van der Waals surface area contributed by atoms with Gasteiger partial charge in [-0.3, -0.25) is 9.58 Å². The van der Waals surface area contributed by atoms with Gasteiger partial charge in [-0.2, -0.15) is 18.3 Å². The highest BCUT2D eigenvalue weighted by Gasteiger charge is 2.35. The third kappa shape index (κ3) is 3.21. The average molecular weight is 329 g/mol. The van der Waals surface area contributed by atoms with Crippen LogP contribution < -0.4 is 0 Å². The number of hydrogen-bond donors (Lipinski definition) is 0. The number of aromatic nitrogens is 6. The predicted molar refractivity (Wildman–Crippen MR) is 74.3 cm³/mol. The Hall–Kier alpha value is -1.97. The summed E-state index contributed by atoms with van der Waals surface area (Å²) in [7, 11) is 1.77. The summed E-state index contributed by atoms with van der Waals surface area (Å²) < 4.78 is 41.1. The molecule has 0 amide bonds. The summed E-state index contributed by atoms with van der Waals surface area (Å²) in [4.78, 5) is 2.18. The van der Waals surface area contributed by atoms with Gasteiger partial charge in [0.2, 0.25) is 0 Å². The fraction of sp³-hybridized carbons (Fsp3) is 0.692. The van der Waals surface area contributed by atoms with Crippen LogP contribution in [0.5, 0.6) is 0 Å². The minimum atomic E-state index is -4.41. The van der Waals surface area contributed by atoms with Crippen molar-refractivity contribution in [2.75, 3.05) is 13.1 Å². The van der Waals surface area contributed by atoms with E-state index in [4.69, 9.17) is 0 Å². The zero-order valence-electron chi connectivity index (χ0n) is 12.9. The van der Waals surface area contributed by atoms with Gasteiger partial charge in [0.25, 0.3) is 0 Å². The smallest absolute Gasteiger partial charge is 0.291 e. The SMILES string of the molecule is C[C@H](c1nnnn1C)N1CCC[C@H](n2ccc(C(F)(F)F)n2)C1. The average Bonchev–Trinajstić information content (AvgIpc) is 3.15. The van der Waals surface area contributed by atoms with Crippen LogP contribution in [0.4, 0.5) is 13.2 Å². The summed E-state index contributed by atoms with van der Waals surface area (Å²) in [6, 6.07) is 0.938. The third-order valence-corrected chi connectivity index (χ3v) is 4.28. The second kappa shape index (κ2) is 5.91. The molecule has 0 spiro atoms. The van der Waals surface area contributed by atoms with Crippen molar-refractivity contribution in [3.63, 3.8) is 0 Å². The zero-order chi connectivity index (χ0) is 16.6. The lowest BCUT2D eigenvalue weighted by Gasteiger charge is -2.36. The molecule has 0 aromatic carbocycles. The van der Waals surface area contributed by atoms with Gasteiger partial charge in [-0.15, -0.1) is 5.10 Å². The number of nitrogens with zero attached hydrogens (tertiary/aromatic N) is 7. The quantitative estimate of drug-likeness (QED) is 0.859. The van der Waals surface area contributed by atoms with E-state index in [1.807, 2.05) is 6.92 Å². The Morgan fingerprint density at radius 1 is 1.35 bits per heavy atom. The van der Waals surface area contributed by atoms with Gasteiger partial charge < -0.3 is 0 Å². The number of likely N-dealkylation sites (tertiary alicyclic amines) is 1. The lowest BCUT2D eigenvalue weighted by Crippen LogP contribution is -2.39. The van der Waals surface area contributed by atoms with E-state index in [1.165, 1.54) is 10.9 Å². The van der Waals surface area contributed by atoms with Crippen LogP contribution in [-0.4, -0.2) is 48.0 Å². The largest absolute Gasteiger partial charge is 0.435 e. The molecule has 126 valence electrons. The highest BCUT2D eigenvalue weighted by atomic mass is 19.4. The van der Waals surface area contributed by atoms with Crippen molar-refractivity contribution in [3.05, 3.63) is 23.8 Å². The maximum Gasteiger partial charge on any atom is 0.435 e. The molecular weight excluding hydrogens is 311 g/mol. The molecule has 10 heteroatoms. The Balaban J connectivity index is 1.73.